The van der Waals surface area contributed by atoms with E-state index in [2.05, 4.69) is 10.2 Å². The largest absolute Gasteiger partial charge is 0.480 e. The van der Waals surface area contributed by atoms with Crippen molar-refractivity contribution in [1.29, 1.82) is 0 Å². The van der Waals surface area contributed by atoms with Crippen LogP contribution in [0.2, 0.25) is 0 Å². The third-order valence-electron chi connectivity index (χ3n) is 4.55. The van der Waals surface area contributed by atoms with Crippen molar-refractivity contribution in [3.05, 3.63) is 0 Å². The molecular weight excluding hydrogens is 268 g/mol. The van der Waals surface area contributed by atoms with E-state index in [9.17, 15) is 9.90 Å². The van der Waals surface area contributed by atoms with E-state index >= 15 is 0 Å². The highest BCUT2D eigenvalue weighted by atomic mass is 16.5. The third kappa shape index (κ3) is 6.32. The molecule has 5 heteroatoms. The predicted molar refractivity (Wildman–Crippen MR) is 84.6 cm³/mol. The summed E-state index contributed by atoms with van der Waals surface area (Å²) >= 11 is 0. The van der Waals surface area contributed by atoms with Crippen LogP contribution < -0.4 is 5.32 Å². The smallest absolute Gasteiger partial charge is 0.323 e. The van der Waals surface area contributed by atoms with Gasteiger partial charge in [-0.2, -0.15) is 0 Å². The van der Waals surface area contributed by atoms with E-state index in [4.69, 9.17) is 4.74 Å². The molecule has 0 aromatic heterocycles. The van der Waals surface area contributed by atoms with E-state index in [1.54, 1.807) is 14.0 Å². The van der Waals surface area contributed by atoms with Gasteiger partial charge in [-0.15, -0.1) is 0 Å². The van der Waals surface area contributed by atoms with Crippen LogP contribution >= 0.6 is 0 Å². The Bertz CT molecular complexity index is 304. The van der Waals surface area contributed by atoms with Crippen LogP contribution in [0, 0.1) is 5.92 Å². The molecule has 1 saturated heterocycles. The fourth-order valence-corrected chi connectivity index (χ4v) is 3.09. The van der Waals surface area contributed by atoms with Gasteiger partial charge in [-0.05, 0) is 71.1 Å². The van der Waals surface area contributed by atoms with Gasteiger partial charge in [0.15, 0.2) is 0 Å². The number of carbonyl (C=O) groups is 1. The lowest BCUT2D eigenvalue weighted by atomic mass is 9.94. The average molecular weight is 300 g/mol. The molecule has 0 radical (unpaired) electrons. The molecule has 21 heavy (non-hydrogen) atoms. The maximum atomic E-state index is 11.3. The van der Waals surface area contributed by atoms with Crippen molar-refractivity contribution in [3.63, 3.8) is 0 Å². The van der Waals surface area contributed by atoms with Gasteiger partial charge in [-0.3, -0.25) is 4.79 Å². The van der Waals surface area contributed by atoms with Crippen LogP contribution in [-0.2, 0) is 9.53 Å². The number of carboxylic acid groups (broad SMARTS) is 1. The number of methoxy groups -OCH3 is 1. The topological polar surface area (TPSA) is 61.8 Å². The highest BCUT2D eigenvalue weighted by Gasteiger charge is 2.31. The second-order valence-corrected chi connectivity index (χ2v) is 6.37. The Kier molecular flexibility index (Phi) is 8.22. The molecule has 1 aliphatic rings. The van der Waals surface area contributed by atoms with Gasteiger partial charge in [0.2, 0.25) is 0 Å². The summed E-state index contributed by atoms with van der Waals surface area (Å²) in [4.78, 5) is 13.8. The summed E-state index contributed by atoms with van der Waals surface area (Å²) in [5.41, 5.74) is -0.778. The summed E-state index contributed by atoms with van der Waals surface area (Å²) in [6, 6.07) is 0. The van der Waals surface area contributed by atoms with Crippen LogP contribution in [0.3, 0.4) is 0 Å². The molecule has 0 bridgehead atoms. The molecule has 5 nitrogen and oxygen atoms in total. The molecule has 0 aliphatic carbocycles. The normalized spacial score (nSPS) is 20.3. The molecule has 1 fully saturated rings. The Morgan fingerprint density at radius 2 is 2.05 bits per heavy atom. The second-order valence-electron chi connectivity index (χ2n) is 6.37. The van der Waals surface area contributed by atoms with Gasteiger partial charge in [-0.1, -0.05) is 6.92 Å². The quantitative estimate of drug-likeness (QED) is 0.604. The summed E-state index contributed by atoms with van der Waals surface area (Å²) < 4.78 is 5.22. The zero-order valence-electron chi connectivity index (χ0n) is 13.9. The molecular formula is C16H32N2O3. The number of likely N-dealkylation sites (N-methyl/N-ethyl adjacent to an activating group) is 1. The minimum Gasteiger partial charge on any atom is -0.480 e. The maximum Gasteiger partial charge on any atom is 0.323 e. The van der Waals surface area contributed by atoms with Crippen molar-refractivity contribution in [3.8, 4) is 0 Å². The molecule has 1 atom stereocenters. The Hall–Kier alpha value is -0.650. The van der Waals surface area contributed by atoms with Gasteiger partial charge in [0.25, 0.3) is 0 Å². The molecule has 1 aliphatic heterocycles. The van der Waals surface area contributed by atoms with Crippen molar-refractivity contribution in [1.82, 2.24) is 10.2 Å². The van der Waals surface area contributed by atoms with Crippen LogP contribution in [-0.4, -0.2) is 61.4 Å². The van der Waals surface area contributed by atoms with E-state index < -0.39 is 11.5 Å². The summed E-state index contributed by atoms with van der Waals surface area (Å²) in [6.07, 6.45) is 5.16. The number of hydrogen-bond acceptors (Lipinski definition) is 4. The lowest BCUT2D eigenvalue weighted by Gasteiger charge is -2.32. The van der Waals surface area contributed by atoms with Gasteiger partial charge >= 0.3 is 5.97 Å². The van der Waals surface area contributed by atoms with Crippen molar-refractivity contribution in [2.75, 3.05) is 39.9 Å². The molecule has 2 N–H and O–H groups in total. The first kappa shape index (κ1) is 18.4. The highest BCUT2D eigenvalue weighted by Crippen LogP contribution is 2.19. The number of likely N-dealkylation sites (tertiary alicyclic amines) is 1. The first-order valence-corrected chi connectivity index (χ1v) is 8.21. The SMILES string of the molecule is CCNC(C)(CCCCN1CCC(COC)CC1)C(=O)O. The first-order chi connectivity index (χ1) is 10.0. The average Bonchev–Trinajstić information content (AvgIpc) is 2.46. The van der Waals surface area contributed by atoms with Crippen molar-refractivity contribution >= 4 is 5.97 Å². The summed E-state index contributed by atoms with van der Waals surface area (Å²) in [6.45, 7) is 8.69. The number of ether oxygens (including phenoxy) is 1. The number of unbranched alkanes of at least 4 members (excludes halogenated alkanes) is 1. The summed E-state index contributed by atoms with van der Waals surface area (Å²) in [5.74, 6) is -0.0277. The first-order valence-electron chi connectivity index (χ1n) is 8.21. The number of carboxylic acids is 1. The number of nitrogens with one attached hydrogen (secondary N) is 1. The Morgan fingerprint density at radius 1 is 1.38 bits per heavy atom. The van der Waals surface area contributed by atoms with E-state index in [1.165, 1.54) is 12.8 Å². The van der Waals surface area contributed by atoms with Crippen LogP contribution in [0.1, 0.15) is 46.0 Å². The van der Waals surface area contributed by atoms with E-state index in [0.29, 0.717) is 13.0 Å². The molecule has 1 rings (SSSR count). The van der Waals surface area contributed by atoms with Crippen molar-refractivity contribution < 1.29 is 14.6 Å². The fourth-order valence-electron chi connectivity index (χ4n) is 3.09. The number of nitrogens with zero attached hydrogens (tertiary/aromatic N) is 1. The van der Waals surface area contributed by atoms with Crippen molar-refractivity contribution in [2.45, 2.75) is 51.5 Å². The number of hydrogen-bond donors (Lipinski definition) is 2. The molecule has 0 aromatic carbocycles. The number of piperidine rings is 1. The maximum absolute atomic E-state index is 11.3. The zero-order valence-corrected chi connectivity index (χ0v) is 13.9. The van der Waals surface area contributed by atoms with Crippen LogP contribution in [0.25, 0.3) is 0 Å². The molecule has 0 saturated carbocycles. The summed E-state index contributed by atoms with van der Waals surface area (Å²) in [7, 11) is 1.77. The molecule has 1 unspecified atom stereocenters. The number of aliphatic carboxylic acids is 1. The van der Waals surface area contributed by atoms with Gasteiger partial charge in [-0.25, -0.2) is 0 Å². The van der Waals surface area contributed by atoms with Gasteiger partial charge in [0.1, 0.15) is 5.54 Å². The standard InChI is InChI=1S/C16H32N2O3/c1-4-17-16(2,15(19)20)9-5-6-10-18-11-7-14(8-12-18)13-21-3/h14,17H,4-13H2,1-3H3,(H,19,20). The Labute approximate surface area is 129 Å². The lowest BCUT2D eigenvalue weighted by molar-refractivity contribution is -0.144. The third-order valence-corrected chi connectivity index (χ3v) is 4.55. The van der Waals surface area contributed by atoms with Gasteiger partial charge in [0.05, 0.1) is 0 Å². The number of rotatable bonds is 10. The minimum atomic E-state index is -0.778. The molecule has 0 spiro atoms. The molecule has 0 aromatic rings. The fraction of sp³-hybridized carbons (Fsp3) is 0.938. The zero-order chi connectivity index (χ0) is 15.7. The van der Waals surface area contributed by atoms with Crippen LogP contribution in [0.15, 0.2) is 0 Å². The lowest BCUT2D eigenvalue weighted by Crippen LogP contribution is -2.49. The Morgan fingerprint density at radius 3 is 2.57 bits per heavy atom. The van der Waals surface area contributed by atoms with E-state index in [0.717, 1.165) is 45.0 Å². The summed E-state index contributed by atoms with van der Waals surface area (Å²) in [5, 5.41) is 12.4. The molecule has 1 heterocycles. The molecule has 0 amide bonds. The minimum absolute atomic E-state index is 0.690. The monoisotopic (exact) mass is 300 g/mol. The van der Waals surface area contributed by atoms with Gasteiger partial charge in [0, 0.05) is 13.7 Å². The van der Waals surface area contributed by atoms with Crippen LogP contribution in [0.5, 0.6) is 0 Å². The second kappa shape index (κ2) is 9.38. The van der Waals surface area contributed by atoms with E-state index in [1.807, 2.05) is 6.92 Å². The van der Waals surface area contributed by atoms with Gasteiger partial charge < -0.3 is 20.1 Å². The highest BCUT2D eigenvalue weighted by molar-refractivity contribution is 5.78. The Balaban J connectivity index is 2.18. The van der Waals surface area contributed by atoms with Crippen molar-refractivity contribution in [2.24, 2.45) is 5.92 Å². The van der Waals surface area contributed by atoms with Crippen LogP contribution in [0.4, 0.5) is 0 Å². The molecule has 124 valence electrons. The predicted octanol–water partition coefficient (Wildman–Crippen LogP) is 1.97. The van der Waals surface area contributed by atoms with E-state index in [-0.39, 0.29) is 0 Å².